The van der Waals surface area contributed by atoms with Gasteiger partial charge in [0.15, 0.2) is 6.29 Å². The van der Waals surface area contributed by atoms with Gasteiger partial charge in [-0.2, -0.15) is 0 Å². The number of rotatable bonds is 10. The molecule has 0 aromatic rings. The van der Waals surface area contributed by atoms with E-state index >= 15 is 0 Å². The number of ether oxygens (including phenoxy) is 3. The van der Waals surface area contributed by atoms with Gasteiger partial charge in [-0.05, 0) is 27.2 Å². The van der Waals surface area contributed by atoms with Crippen LogP contribution >= 0.6 is 0 Å². The number of hydrogen-bond donors (Lipinski definition) is 1. The second-order valence-electron chi connectivity index (χ2n) is 3.43. The molecular formula is C11H25NO3. The Hall–Kier alpha value is -0.160. The third kappa shape index (κ3) is 8.81. The summed E-state index contributed by atoms with van der Waals surface area (Å²) in [5.41, 5.74) is 0. The van der Waals surface area contributed by atoms with Gasteiger partial charge in [-0.15, -0.1) is 0 Å². The highest BCUT2D eigenvalue weighted by molar-refractivity contribution is 4.61. The third-order valence-electron chi connectivity index (χ3n) is 2.09. The molecule has 1 unspecified atom stereocenters. The Morgan fingerprint density at radius 3 is 2.20 bits per heavy atom. The fourth-order valence-electron chi connectivity index (χ4n) is 1.23. The van der Waals surface area contributed by atoms with Crippen LogP contribution in [0.2, 0.25) is 0 Å². The summed E-state index contributed by atoms with van der Waals surface area (Å²) in [6.07, 6.45) is 0.867. The Kier molecular flexibility index (Phi) is 10.3. The zero-order valence-electron chi connectivity index (χ0n) is 10.4. The summed E-state index contributed by atoms with van der Waals surface area (Å²) in [4.78, 5) is 0. The average Bonchev–Trinajstić information content (AvgIpc) is 2.23. The molecule has 0 aromatic heterocycles. The van der Waals surface area contributed by atoms with Gasteiger partial charge in [0, 0.05) is 39.5 Å². The highest BCUT2D eigenvalue weighted by atomic mass is 16.7. The summed E-state index contributed by atoms with van der Waals surface area (Å²) in [5, 5.41) is 3.36. The Bertz CT molecular complexity index is 127. The lowest BCUT2D eigenvalue weighted by molar-refractivity contribution is -0.133. The van der Waals surface area contributed by atoms with Crippen LogP contribution in [0.4, 0.5) is 0 Å². The van der Waals surface area contributed by atoms with Crippen LogP contribution < -0.4 is 5.32 Å². The minimum atomic E-state index is -0.134. The maximum Gasteiger partial charge on any atom is 0.169 e. The van der Waals surface area contributed by atoms with Gasteiger partial charge >= 0.3 is 0 Å². The third-order valence-corrected chi connectivity index (χ3v) is 2.09. The molecule has 1 atom stereocenters. The van der Waals surface area contributed by atoms with Crippen molar-refractivity contribution in [2.45, 2.75) is 39.5 Å². The summed E-state index contributed by atoms with van der Waals surface area (Å²) in [6.45, 7) is 8.95. The minimum absolute atomic E-state index is 0.134. The molecule has 15 heavy (non-hydrogen) atoms. The molecule has 4 heteroatoms. The van der Waals surface area contributed by atoms with Gasteiger partial charge in [0.05, 0.1) is 0 Å². The van der Waals surface area contributed by atoms with E-state index in [9.17, 15) is 0 Å². The highest BCUT2D eigenvalue weighted by Gasteiger charge is 2.09. The van der Waals surface area contributed by atoms with Crippen LogP contribution in [-0.4, -0.2) is 45.8 Å². The van der Waals surface area contributed by atoms with Crippen LogP contribution in [0.25, 0.3) is 0 Å². The molecule has 0 aliphatic rings. The lowest BCUT2D eigenvalue weighted by Crippen LogP contribution is -2.37. The van der Waals surface area contributed by atoms with Crippen LogP contribution in [0, 0.1) is 0 Å². The maximum atomic E-state index is 5.42. The number of methoxy groups -OCH3 is 1. The molecule has 0 saturated heterocycles. The molecule has 0 saturated carbocycles. The smallest absolute Gasteiger partial charge is 0.169 e. The summed E-state index contributed by atoms with van der Waals surface area (Å²) < 4.78 is 15.9. The molecule has 0 rings (SSSR count). The molecule has 0 spiro atoms. The van der Waals surface area contributed by atoms with Crippen LogP contribution in [0.1, 0.15) is 27.2 Å². The van der Waals surface area contributed by atoms with Gasteiger partial charge in [0.1, 0.15) is 0 Å². The van der Waals surface area contributed by atoms with Crippen molar-refractivity contribution in [3.63, 3.8) is 0 Å². The molecular weight excluding hydrogens is 194 g/mol. The number of nitrogens with one attached hydrogen (secondary N) is 1. The molecule has 0 aliphatic carbocycles. The molecule has 0 aliphatic heterocycles. The van der Waals surface area contributed by atoms with E-state index in [1.54, 1.807) is 7.11 Å². The van der Waals surface area contributed by atoms with E-state index in [2.05, 4.69) is 12.2 Å². The maximum absolute atomic E-state index is 5.42. The summed E-state index contributed by atoms with van der Waals surface area (Å²) in [7, 11) is 1.72. The second-order valence-corrected chi connectivity index (χ2v) is 3.43. The van der Waals surface area contributed by atoms with E-state index < -0.39 is 0 Å². The number of hydrogen-bond acceptors (Lipinski definition) is 4. The Labute approximate surface area is 93.3 Å². The van der Waals surface area contributed by atoms with E-state index in [1.165, 1.54) is 0 Å². The van der Waals surface area contributed by atoms with E-state index in [-0.39, 0.29) is 6.29 Å². The first kappa shape index (κ1) is 14.8. The van der Waals surface area contributed by atoms with Crippen molar-refractivity contribution in [1.29, 1.82) is 0 Å². The first-order valence-corrected chi connectivity index (χ1v) is 5.70. The minimum Gasteiger partial charge on any atom is -0.385 e. The quantitative estimate of drug-likeness (QED) is 0.564. The largest absolute Gasteiger partial charge is 0.385 e. The molecule has 4 nitrogen and oxygen atoms in total. The standard InChI is InChI=1S/C11H25NO3/c1-5-14-11(15-6-2)9-12-10(3)7-8-13-4/h10-12H,5-9H2,1-4H3. The molecule has 0 bridgehead atoms. The molecule has 92 valence electrons. The predicted molar refractivity (Wildman–Crippen MR) is 61.0 cm³/mol. The lowest BCUT2D eigenvalue weighted by atomic mass is 10.2. The van der Waals surface area contributed by atoms with Crippen molar-refractivity contribution < 1.29 is 14.2 Å². The van der Waals surface area contributed by atoms with E-state index in [4.69, 9.17) is 14.2 Å². The monoisotopic (exact) mass is 219 g/mol. The molecule has 0 aromatic carbocycles. The zero-order chi connectivity index (χ0) is 11.5. The first-order chi connectivity index (χ1) is 7.24. The van der Waals surface area contributed by atoms with Crippen LogP contribution in [-0.2, 0) is 14.2 Å². The first-order valence-electron chi connectivity index (χ1n) is 5.70. The van der Waals surface area contributed by atoms with Gasteiger partial charge < -0.3 is 19.5 Å². The molecule has 1 N–H and O–H groups in total. The van der Waals surface area contributed by atoms with Crippen LogP contribution in [0.3, 0.4) is 0 Å². The van der Waals surface area contributed by atoms with Crippen molar-refractivity contribution in [2.75, 3.05) is 33.5 Å². The van der Waals surface area contributed by atoms with Crippen molar-refractivity contribution in [3.8, 4) is 0 Å². The second kappa shape index (κ2) is 10.4. The summed E-state index contributed by atoms with van der Waals surface area (Å²) in [6, 6.07) is 0.424. The van der Waals surface area contributed by atoms with E-state index in [1.807, 2.05) is 13.8 Å². The van der Waals surface area contributed by atoms with Crippen LogP contribution in [0.5, 0.6) is 0 Å². The fourth-order valence-corrected chi connectivity index (χ4v) is 1.23. The van der Waals surface area contributed by atoms with Crippen molar-refractivity contribution >= 4 is 0 Å². The summed E-state index contributed by atoms with van der Waals surface area (Å²) >= 11 is 0. The normalized spacial score (nSPS) is 13.4. The van der Waals surface area contributed by atoms with Gasteiger partial charge in [-0.3, -0.25) is 0 Å². The van der Waals surface area contributed by atoms with Gasteiger partial charge in [0.25, 0.3) is 0 Å². The van der Waals surface area contributed by atoms with Gasteiger partial charge in [0.2, 0.25) is 0 Å². The Morgan fingerprint density at radius 1 is 1.13 bits per heavy atom. The Morgan fingerprint density at radius 2 is 1.73 bits per heavy atom. The predicted octanol–water partition coefficient (Wildman–Crippen LogP) is 1.40. The molecule has 0 heterocycles. The van der Waals surface area contributed by atoms with Gasteiger partial charge in [-0.1, -0.05) is 0 Å². The zero-order valence-corrected chi connectivity index (χ0v) is 10.4. The fraction of sp³-hybridized carbons (Fsp3) is 1.00. The van der Waals surface area contributed by atoms with Crippen molar-refractivity contribution in [2.24, 2.45) is 0 Å². The Balaban J connectivity index is 3.57. The molecule has 0 radical (unpaired) electrons. The topological polar surface area (TPSA) is 39.7 Å². The summed E-state index contributed by atoms with van der Waals surface area (Å²) in [5.74, 6) is 0. The van der Waals surface area contributed by atoms with Gasteiger partial charge in [-0.25, -0.2) is 0 Å². The SMILES string of the molecule is CCOC(CNC(C)CCOC)OCC. The molecule has 0 amide bonds. The average molecular weight is 219 g/mol. The van der Waals surface area contributed by atoms with E-state index in [0.717, 1.165) is 19.6 Å². The molecule has 0 fully saturated rings. The lowest BCUT2D eigenvalue weighted by Gasteiger charge is -2.20. The van der Waals surface area contributed by atoms with Crippen molar-refractivity contribution in [3.05, 3.63) is 0 Å². The highest BCUT2D eigenvalue weighted by Crippen LogP contribution is 1.96. The van der Waals surface area contributed by atoms with Crippen LogP contribution in [0.15, 0.2) is 0 Å². The van der Waals surface area contributed by atoms with E-state index in [0.29, 0.717) is 19.3 Å². The van der Waals surface area contributed by atoms with Crippen molar-refractivity contribution in [1.82, 2.24) is 5.32 Å².